The van der Waals surface area contributed by atoms with Crippen molar-refractivity contribution in [2.24, 2.45) is 0 Å². The number of H-pyrrole nitrogens is 1. The molecule has 2 aromatic rings. The van der Waals surface area contributed by atoms with Crippen molar-refractivity contribution in [3.05, 3.63) is 28.5 Å². The van der Waals surface area contributed by atoms with Crippen LogP contribution in [-0.4, -0.2) is 65.7 Å². The summed E-state index contributed by atoms with van der Waals surface area (Å²) in [6.07, 6.45) is 4.36. The minimum absolute atomic E-state index is 0.219. The summed E-state index contributed by atoms with van der Waals surface area (Å²) in [4.78, 5) is 14.3. The number of ether oxygens (including phenoxy) is 1. The Morgan fingerprint density at radius 3 is 2.88 bits per heavy atom. The van der Waals surface area contributed by atoms with Gasteiger partial charge in [0.1, 0.15) is 5.82 Å². The molecule has 0 aliphatic carbocycles. The van der Waals surface area contributed by atoms with Gasteiger partial charge in [-0.2, -0.15) is 0 Å². The number of imidazole rings is 1. The number of hydrogen-bond acceptors (Lipinski definition) is 5. The summed E-state index contributed by atoms with van der Waals surface area (Å²) in [5.41, 5.74) is 1.04. The highest BCUT2D eigenvalue weighted by Gasteiger charge is 2.33. The van der Waals surface area contributed by atoms with E-state index in [1.54, 1.807) is 11.3 Å². The fraction of sp³-hybridized carbons (Fsp3) is 0.588. The molecule has 4 heterocycles. The Morgan fingerprint density at radius 2 is 2.12 bits per heavy atom. The zero-order valence-electron chi connectivity index (χ0n) is 13.9. The first-order valence-electron chi connectivity index (χ1n) is 8.53. The summed E-state index contributed by atoms with van der Waals surface area (Å²) in [6.45, 7) is 4.86. The van der Waals surface area contributed by atoms with E-state index in [2.05, 4.69) is 26.8 Å². The van der Waals surface area contributed by atoms with E-state index in [1.165, 1.54) is 25.9 Å². The molecule has 1 N–H and O–H groups in total. The van der Waals surface area contributed by atoms with Crippen LogP contribution < -0.4 is 0 Å². The quantitative estimate of drug-likeness (QED) is 0.905. The van der Waals surface area contributed by atoms with E-state index in [4.69, 9.17) is 16.3 Å². The molecule has 2 fully saturated rings. The van der Waals surface area contributed by atoms with Gasteiger partial charge in [0.25, 0.3) is 0 Å². The number of likely N-dealkylation sites (tertiary alicyclic amines) is 1. The predicted octanol–water partition coefficient (Wildman–Crippen LogP) is 3.26. The average Bonchev–Trinajstić information content (AvgIpc) is 3.24. The molecule has 7 heteroatoms. The summed E-state index contributed by atoms with van der Waals surface area (Å²) in [7, 11) is 2.21. The number of nitrogens with one attached hydrogen (secondary N) is 1. The van der Waals surface area contributed by atoms with E-state index in [0.29, 0.717) is 12.6 Å². The highest BCUT2D eigenvalue weighted by Crippen LogP contribution is 2.33. The van der Waals surface area contributed by atoms with Crippen molar-refractivity contribution in [3.8, 4) is 10.6 Å². The minimum atomic E-state index is 0.219. The molecule has 4 rings (SSSR count). The monoisotopic (exact) mass is 366 g/mol. The molecule has 0 spiro atoms. The molecular weight excluding hydrogens is 344 g/mol. The maximum absolute atomic E-state index is 6.05. The van der Waals surface area contributed by atoms with Gasteiger partial charge in [0.15, 0.2) is 0 Å². The number of thiophene rings is 1. The van der Waals surface area contributed by atoms with Gasteiger partial charge in [-0.1, -0.05) is 11.6 Å². The molecule has 2 aliphatic heterocycles. The Bertz CT molecular complexity index is 680. The van der Waals surface area contributed by atoms with Gasteiger partial charge in [-0.3, -0.25) is 4.90 Å². The van der Waals surface area contributed by atoms with Crippen LogP contribution in [0.3, 0.4) is 0 Å². The van der Waals surface area contributed by atoms with Crippen molar-refractivity contribution < 1.29 is 4.74 Å². The van der Waals surface area contributed by atoms with Crippen molar-refractivity contribution in [1.82, 2.24) is 19.8 Å². The molecule has 0 saturated carbocycles. The van der Waals surface area contributed by atoms with Crippen LogP contribution in [0.5, 0.6) is 0 Å². The number of aromatic nitrogens is 2. The fourth-order valence-corrected chi connectivity index (χ4v) is 4.71. The largest absolute Gasteiger partial charge is 0.378 e. The summed E-state index contributed by atoms with van der Waals surface area (Å²) in [5.74, 6) is 1.01. The predicted molar refractivity (Wildman–Crippen MR) is 97.7 cm³/mol. The number of piperidine rings is 1. The minimum Gasteiger partial charge on any atom is -0.378 e. The number of aromatic amines is 1. The third-order valence-corrected chi connectivity index (χ3v) is 6.34. The lowest BCUT2D eigenvalue weighted by Crippen LogP contribution is -2.50. The Hall–Kier alpha value is -0.920. The molecule has 2 aliphatic rings. The average molecular weight is 367 g/mol. The van der Waals surface area contributed by atoms with Crippen LogP contribution in [0.4, 0.5) is 0 Å². The first kappa shape index (κ1) is 16.5. The van der Waals surface area contributed by atoms with Crippen LogP contribution in [0.2, 0.25) is 4.34 Å². The zero-order chi connectivity index (χ0) is 16.5. The molecule has 0 amide bonds. The molecule has 0 radical (unpaired) electrons. The van der Waals surface area contributed by atoms with Gasteiger partial charge in [-0.15, -0.1) is 11.3 Å². The standard InChI is InChI=1S/C17H23ClN4OS/c1-21-6-4-12(5-7-21)22-8-9-23-11-14(22)17-19-10-13(20-17)15-2-3-16(18)24-15/h2-3,10,12,14H,4-9,11H2,1H3,(H,19,20)/t14-/m0/s1. The van der Waals surface area contributed by atoms with Gasteiger partial charge >= 0.3 is 0 Å². The van der Waals surface area contributed by atoms with E-state index in [-0.39, 0.29) is 6.04 Å². The number of hydrogen-bond donors (Lipinski definition) is 1. The van der Waals surface area contributed by atoms with Crippen LogP contribution in [-0.2, 0) is 4.74 Å². The van der Waals surface area contributed by atoms with Crippen LogP contribution in [0, 0.1) is 0 Å². The van der Waals surface area contributed by atoms with Gasteiger partial charge < -0.3 is 14.6 Å². The van der Waals surface area contributed by atoms with Crippen molar-refractivity contribution in [1.29, 1.82) is 0 Å². The van der Waals surface area contributed by atoms with Gasteiger partial charge in [-0.05, 0) is 45.1 Å². The number of morpholine rings is 1. The topological polar surface area (TPSA) is 44.4 Å². The lowest BCUT2D eigenvalue weighted by atomic mass is 10.0. The lowest BCUT2D eigenvalue weighted by molar-refractivity contribution is -0.0441. The highest BCUT2D eigenvalue weighted by atomic mass is 35.5. The second-order valence-electron chi connectivity index (χ2n) is 6.65. The molecular formula is C17H23ClN4OS. The molecule has 130 valence electrons. The third-order valence-electron chi connectivity index (χ3n) is 5.08. The molecule has 0 unspecified atom stereocenters. The van der Waals surface area contributed by atoms with Crippen LogP contribution in [0.25, 0.3) is 10.6 Å². The van der Waals surface area contributed by atoms with E-state index < -0.39 is 0 Å². The molecule has 0 bridgehead atoms. The smallest absolute Gasteiger partial charge is 0.126 e. The Morgan fingerprint density at radius 1 is 1.29 bits per heavy atom. The van der Waals surface area contributed by atoms with Crippen molar-refractivity contribution in [2.75, 3.05) is 39.9 Å². The molecule has 5 nitrogen and oxygen atoms in total. The first-order chi connectivity index (χ1) is 11.7. The number of halogens is 1. The molecule has 2 aromatic heterocycles. The van der Waals surface area contributed by atoms with Crippen molar-refractivity contribution in [3.63, 3.8) is 0 Å². The van der Waals surface area contributed by atoms with Gasteiger partial charge in [0, 0.05) is 12.6 Å². The Labute approximate surface area is 151 Å². The third kappa shape index (κ3) is 3.39. The number of rotatable bonds is 3. The van der Waals surface area contributed by atoms with E-state index in [0.717, 1.165) is 33.9 Å². The first-order valence-corrected chi connectivity index (χ1v) is 9.73. The Balaban J connectivity index is 1.53. The molecule has 1 atom stereocenters. The molecule has 2 saturated heterocycles. The van der Waals surface area contributed by atoms with Crippen LogP contribution >= 0.6 is 22.9 Å². The zero-order valence-corrected chi connectivity index (χ0v) is 15.4. The number of nitrogens with zero attached hydrogens (tertiary/aromatic N) is 3. The normalized spacial score (nSPS) is 24.5. The van der Waals surface area contributed by atoms with Crippen LogP contribution in [0.15, 0.2) is 18.3 Å². The van der Waals surface area contributed by atoms with E-state index >= 15 is 0 Å². The maximum atomic E-state index is 6.05. The summed E-state index contributed by atoms with van der Waals surface area (Å²) >= 11 is 7.63. The summed E-state index contributed by atoms with van der Waals surface area (Å²) < 4.78 is 6.57. The molecule has 24 heavy (non-hydrogen) atoms. The van der Waals surface area contributed by atoms with E-state index in [1.807, 2.05) is 18.3 Å². The maximum Gasteiger partial charge on any atom is 0.126 e. The fourth-order valence-electron chi connectivity index (χ4n) is 3.71. The molecule has 0 aromatic carbocycles. The SMILES string of the molecule is CN1CCC(N2CCOC[C@H]2c2ncc(-c3ccc(Cl)s3)[nH]2)CC1. The van der Waals surface area contributed by atoms with Crippen molar-refractivity contribution >= 4 is 22.9 Å². The second-order valence-corrected chi connectivity index (χ2v) is 8.36. The van der Waals surface area contributed by atoms with Gasteiger partial charge in [0.05, 0.1) is 40.4 Å². The Kier molecular flexibility index (Phi) is 4.92. The van der Waals surface area contributed by atoms with E-state index in [9.17, 15) is 0 Å². The van der Waals surface area contributed by atoms with Crippen molar-refractivity contribution in [2.45, 2.75) is 24.9 Å². The summed E-state index contributed by atoms with van der Waals surface area (Å²) in [5, 5.41) is 0. The second kappa shape index (κ2) is 7.14. The van der Waals surface area contributed by atoms with Gasteiger partial charge in [-0.25, -0.2) is 4.98 Å². The summed E-state index contributed by atoms with van der Waals surface area (Å²) in [6, 6.07) is 4.81. The highest BCUT2D eigenvalue weighted by molar-refractivity contribution is 7.19. The lowest BCUT2D eigenvalue weighted by Gasteiger charge is -2.43. The van der Waals surface area contributed by atoms with Gasteiger partial charge in [0.2, 0.25) is 0 Å². The van der Waals surface area contributed by atoms with Crippen LogP contribution in [0.1, 0.15) is 24.7 Å².